The minimum absolute atomic E-state index is 0.139. The molecule has 0 spiro atoms. The zero-order chi connectivity index (χ0) is 24.0. The van der Waals surface area contributed by atoms with Crippen LogP contribution in [0.1, 0.15) is 81.5 Å². The van der Waals surface area contributed by atoms with Crippen molar-refractivity contribution in [2.24, 2.45) is 16.5 Å². The molecule has 176 valence electrons. The van der Waals surface area contributed by atoms with E-state index in [4.69, 9.17) is 28.0 Å². The molecule has 33 heavy (non-hydrogen) atoms. The molecular weight excluding hydrogens is 457 g/mol. The fourth-order valence-electron chi connectivity index (χ4n) is 5.94. The van der Waals surface area contributed by atoms with Crippen molar-refractivity contribution < 1.29 is 14.7 Å². The molecule has 1 saturated carbocycles. The van der Waals surface area contributed by atoms with Crippen LogP contribution in [0.25, 0.3) is 0 Å². The molecule has 0 unspecified atom stereocenters. The van der Waals surface area contributed by atoms with Gasteiger partial charge in [0.15, 0.2) is 0 Å². The van der Waals surface area contributed by atoms with Crippen LogP contribution in [0.4, 0.5) is 0 Å². The van der Waals surface area contributed by atoms with Gasteiger partial charge in [0.2, 0.25) is 0 Å². The van der Waals surface area contributed by atoms with Gasteiger partial charge in [-0.1, -0.05) is 85.9 Å². The maximum Gasteiger partial charge on any atom is 0.309 e. The molecule has 2 aromatic rings. The van der Waals surface area contributed by atoms with E-state index < -0.39 is 11.4 Å². The highest BCUT2D eigenvalue weighted by Crippen LogP contribution is 2.59. The maximum atomic E-state index is 12.4. The lowest BCUT2D eigenvalue weighted by atomic mass is 9.49. The predicted molar refractivity (Wildman–Crippen MR) is 133 cm³/mol. The minimum atomic E-state index is -0.861. The molecule has 2 aliphatic carbocycles. The molecule has 0 amide bonds. The van der Waals surface area contributed by atoms with Crippen LogP contribution >= 0.6 is 23.2 Å². The van der Waals surface area contributed by atoms with Gasteiger partial charge in [0.1, 0.15) is 6.61 Å². The Morgan fingerprint density at radius 2 is 1.91 bits per heavy atom. The highest BCUT2D eigenvalue weighted by Gasteiger charge is 2.57. The number of fused-ring (bicyclic) bond motifs is 3. The molecule has 0 saturated heterocycles. The van der Waals surface area contributed by atoms with E-state index in [9.17, 15) is 9.90 Å². The normalized spacial score (nSPS) is 27.8. The Kier molecular flexibility index (Phi) is 6.54. The molecule has 2 aliphatic rings. The molecule has 4 rings (SSSR count). The first-order valence-electron chi connectivity index (χ1n) is 11.6. The number of nitrogens with zero attached hydrogens (tertiary/aromatic N) is 1. The van der Waals surface area contributed by atoms with Crippen LogP contribution < -0.4 is 0 Å². The third kappa shape index (κ3) is 4.06. The Hall–Kier alpha value is -2.04. The summed E-state index contributed by atoms with van der Waals surface area (Å²) in [7, 11) is 0. The smallest absolute Gasteiger partial charge is 0.309 e. The Bertz CT molecular complexity index is 1100. The molecule has 0 aliphatic heterocycles. The maximum absolute atomic E-state index is 12.4. The second-order valence-corrected chi connectivity index (χ2v) is 11.0. The lowest BCUT2D eigenvalue weighted by molar-refractivity contribution is -0.156. The van der Waals surface area contributed by atoms with Gasteiger partial charge >= 0.3 is 5.97 Å². The van der Waals surface area contributed by atoms with E-state index in [0.717, 1.165) is 35.1 Å². The standard InChI is InChI=1S/C27H31Cl2NO3/c1-16(2)22-19(28)13-18-23(24(22)29)20(30-33-15-17-9-6-5-7-10-17)14-21-26(18,3)11-8-12-27(21,4)25(31)32/h5-7,9-10,13,16,21H,8,11-12,14-15H2,1-4H3,(H,31,32)/b30-20+/t21-,26-,27-/m1/s1. The molecule has 1 fully saturated rings. The summed E-state index contributed by atoms with van der Waals surface area (Å²) in [4.78, 5) is 18.2. The van der Waals surface area contributed by atoms with Crippen LogP contribution in [0.15, 0.2) is 41.6 Å². The molecule has 0 heterocycles. The van der Waals surface area contributed by atoms with Crippen LogP contribution in [0, 0.1) is 11.3 Å². The second kappa shape index (κ2) is 8.96. The quantitative estimate of drug-likeness (QED) is 0.441. The van der Waals surface area contributed by atoms with Gasteiger partial charge in [0.25, 0.3) is 0 Å². The van der Waals surface area contributed by atoms with Crippen molar-refractivity contribution in [2.45, 2.75) is 71.3 Å². The van der Waals surface area contributed by atoms with E-state index in [1.165, 1.54) is 0 Å². The van der Waals surface area contributed by atoms with Gasteiger partial charge in [-0.2, -0.15) is 0 Å². The predicted octanol–water partition coefficient (Wildman–Crippen LogP) is 7.59. The average molecular weight is 488 g/mol. The van der Waals surface area contributed by atoms with Crippen molar-refractivity contribution in [1.29, 1.82) is 0 Å². The number of hydrogen-bond donors (Lipinski definition) is 1. The van der Waals surface area contributed by atoms with Crippen LogP contribution in [-0.2, 0) is 21.7 Å². The monoisotopic (exact) mass is 487 g/mol. The molecule has 0 aromatic heterocycles. The van der Waals surface area contributed by atoms with Gasteiger partial charge in [-0.15, -0.1) is 0 Å². The summed E-state index contributed by atoms with van der Waals surface area (Å²) in [5.41, 5.74) is 3.26. The summed E-state index contributed by atoms with van der Waals surface area (Å²) >= 11 is 13.8. The Morgan fingerprint density at radius 3 is 2.55 bits per heavy atom. The van der Waals surface area contributed by atoms with Crippen LogP contribution in [0.5, 0.6) is 0 Å². The molecule has 0 radical (unpaired) electrons. The first-order chi connectivity index (χ1) is 15.6. The molecular formula is C27H31Cl2NO3. The number of halogens is 2. The molecule has 4 nitrogen and oxygen atoms in total. The molecule has 3 atom stereocenters. The third-order valence-electron chi connectivity index (χ3n) is 7.80. The summed E-state index contributed by atoms with van der Waals surface area (Å²) < 4.78 is 0. The first kappa shape index (κ1) is 24.1. The number of oxime groups is 1. The summed E-state index contributed by atoms with van der Waals surface area (Å²) in [6, 6.07) is 11.9. The molecule has 1 N–H and O–H groups in total. The lowest BCUT2D eigenvalue weighted by Gasteiger charge is -2.53. The number of carbonyl (C=O) groups is 1. The van der Waals surface area contributed by atoms with Crippen molar-refractivity contribution in [1.82, 2.24) is 0 Å². The van der Waals surface area contributed by atoms with E-state index >= 15 is 0 Å². The first-order valence-corrected chi connectivity index (χ1v) is 12.3. The topological polar surface area (TPSA) is 58.9 Å². The fraction of sp³-hybridized carbons (Fsp3) is 0.481. The summed E-state index contributed by atoms with van der Waals surface area (Å²) in [6.07, 6.45) is 2.87. The van der Waals surface area contributed by atoms with Crippen molar-refractivity contribution in [3.63, 3.8) is 0 Å². The highest BCUT2D eigenvalue weighted by atomic mass is 35.5. The summed E-state index contributed by atoms with van der Waals surface area (Å²) in [5.74, 6) is -0.759. The van der Waals surface area contributed by atoms with Crippen molar-refractivity contribution >= 4 is 34.9 Å². The second-order valence-electron chi connectivity index (χ2n) is 10.2. The zero-order valence-electron chi connectivity index (χ0n) is 19.6. The molecule has 0 bridgehead atoms. The van der Waals surface area contributed by atoms with E-state index in [1.807, 2.05) is 43.3 Å². The summed E-state index contributed by atoms with van der Waals surface area (Å²) in [5, 5.41) is 16.0. The van der Waals surface area contributed by atoms with E-state index in [1.54, 1.807) is 0 Å². The van der Waals surface area contributed by atoms with E-state index in [2.05, 4.69) is 25.9 Å². The van der Waals surface area contributed by atoms with E-state index in [0.29, 0.717) is 35.2 Å². The van der Waals surface area contributed by atoms with Crippen molar-refractivity contribution in [3.05, 3.63) is 68.7 Å². The SMILES string of the molecule is CC(C)c1c(Cl)cc2c(c1Cl)/C(=N/OCc1ccccc1)C[C@H]1[C@](C)(C(=O)O)CCC[C@]21C. The minimum Gasteiger partial charge on any atom is -0.481 e. The van der Waals surface area contributed by atoms with Crippen molar-refractivity contribution in [2.75, 3.05) is 0 Å². The van der Waals surface area contributed by atoms with Gasteiger partial charge < -0.3 is 9.94 Å². The number of rotatable bonds is 5. The van der Waals surface area contributed by atoms with Gasteiger partial charge in [0.05, 0.1) is 16.1 Å². The average Bonchev–Trinajstić information content (AvgIpc) is 2.75. The van der Waals surface area contributed by atoms with Gasteiger partial charge in [-0.25, -0.2) is 0 Å². The Morgan fingerprint density at radius 1 is 1.21 bits per heavy atom. The molecule has 6 heteroatoms. The van der Waals surface area contributed by atoms with Crippen LogP contribution in [0.3, 0.4) is 0 Å². The highest BCUT2D eigenvalue weighted by molar-refractivity contribution is 6.39. The zero-order valence-corrected chi connectivity index (χ0v) is 21.1. The van der Waals surface area contributed by atoms with Gasteiger partial charge in [0, 0.05) is 10.6 Å². The number of carboxylic acid groups (broad SMARTS) is 1. The van der Waals surface area contributed by atoms with Gasteiger partial charge in [-0.05, 0) is 66.2 Å². The number of benzene rings is 2. The Labute approximate surface area is 205 Å². The number of hydrogen-bond acceptors (Lipinski definition) is 3. The molecule has 2 aromatic carbocycles. The number of aliphatic carboxylic acids is 1. The lowest BCUT2D eigenvalue weighted by Crippen LogP contribution is -2.53. The Balaban J connectivity index is 1.86. The van der Waals surface area contributed by atoms with Crippen molar-refractivity contribution in [3.8, 4) is 0 Å². The summed E-state index contributed by atoms with van der Waals surface area (Å²) in [6.45, 7) is 8.51. The van der Waals surface area contributed by atoms with Gasteiger partial charge in [-0.3, -0.25) is 4.79 Å². The van der Waals surface area contributed by atoms with E-state index in [-0.39, 0.29) is 17.3 Å². The van der Waals surface area contributed by atoms with Crippen LogP contribution in [0.2, 0.25) is 10.0 Å². The number of carboxylic acids is 1. The fourth-order valence-corrected chi connectivity index (χ4v) is 6.94. The third-order valence-corrected chi connectivity index (χ3v) is 8.51. The largest absolute Gasteiger partial charge is 0.481 e. The van der Waals surface area contributed by atoms with Crippen LogP contribution in [-0.4, -0.2) is 16.8 Å².